The Morgan fingerprint density at radius 2 is 1.85 bits per heavy atom. The highest BCUT2D eigenvalue weighted by Gasteiger charge is 2.45. The molecule has 0 heterocycles. The average molecular weight is 410 g/mol. The highest BCUT2D eigenvalue weighted by atomic mass is 35.5. The highest BCUT2D eigenvalue weighted by molar-refractivity contribution is 6.42. The van der Waals surface area contributed by atoms with Gasteiger partial charge in [-0.25, -0.2) is 4.39 Å². The van der Waals surface area contributed by atoms with Crippen LogP contribution in [0.1, 0.15) is 23.5 Å². The molecular weight excluding hydrogens is 392 g/mol. The smallest absolute Gasteiger partial charge is 0.310 e. The molecule has 2 atom stereocenters. The van der Waals surface area contributed by atoms with Crippen LogP contribution in [0, 0.1) is 11.7 Å². The van der Waals surface area contributed by atoms with E-state index in [-0.39, 0.29) is 30.2 Å². The fourth-order valence-corrected chi connectivity index (χ4v) is 3.20. The molecule has 0 bridgehead atoms. The normalized spacial score (nSPS) is 18.1. The number of hydrogen-bond donors (Lipinski definition) is 0. The summed E-state index contributed by atoms with van der Waals surface area (Å²) in [5, 5.41) is 0.866. The first-order valence-corrected chi connectivity index (χ1v) is 9.20. The van der Waals surface area contributed by atoms with Gasteiger partial charge in [-0.05, 0) is 47.7 Å². The molecule has 142 valence electrons. The lowest BCUT2D eigenvalue weighted by Crippen LogP contribution is -2.31. The number of hydrogen-bond acceptors (Lipinski definition) is 3. The Morgan fingerprint density at radius 1 is 1.15 bits per heavy atom. The molecule has 2 aromatic rings. The summed E-state index contributed by atoms with van der Waals surface area (Å²) < 4.78 is 18.1. The molecule has 1 aliphatic carbocycles. The summed E-state index contributed by atoms with van der Waals surface area (Å²) in [5.74, 6) is -1.27. The molecule has 1 saturated carbocycles. The number of ether oxygens (including phenoxy) is 1. The Bertz CT molecular complexity index is 857. The predicted octanol–water partition coefficient (Wildman–Crippen LogP) is 4.44. The zero-order valence-electron chi connectivity index (χ0n) is 14.6. The van der Waals surface area contributed by atoms with Gasteiger partial charge in [-0.2, -0.15) is 0 Å². The number of amides is 1. The summed E-state index contributed by atoms with van der Waals surface area (Å²) >= 11 is 11.8. The van der Waals surface area contributed by atoms with Crippen LogP contribution in [0.2, 0.25) is 10.0 Å². The zero-order valence-corrected chi connectivity index (χ0v) is 16.1. The maximum absolute atomic E-state index is 13.0. The van der Waals surface area contributed by atoms with Gasteiger partial charge in [0.05, 0.1) is 16.0 Å². The Labute approximate surface area is 166 Å². The summed E-state index contributed by atoms with van der Waals surface area (Å²) in [6, 6.07) is 11.2. The van der Waals surface area contributed by atoms with Crippen molar-refractivity contribution in [2.45, 2.75) is 18.9 Å². The van der Waals surface area contributed by atoms with Gasteiger partial charge in [0.25, 0.3) is 5.91 Å². The second-order valence-corrected chi connectivity index (χ2v) is 7.42. The monoisotopic (exact) mass is 409 g/mol. The summed E-state index contributed by atoms with van der Waals surface area (Å²) in [7, 11) is 1.62. The van der Waals surface area contributed by atoms with E-state index >= 15 is 0 Å². The number of carbonyl (C=O) groups is 2. The minimum Gasteiger partial charge on any atom is -0.455 e. The van der Waals surface area contributed by atoms with Crippen LogP contribution in [0.5, 0.6) is 0 Å². The minimum absolute atomic E-state index is 0.0298. The van der Waals surface area contributed by atoms with Crippen LogP contribution >= 0.6 is 23.2 Å². The largest absolute Gasteiger partial charge is 0.455 e. The summed E-state index contributed by atoms with van der Waals surface area (Å²) in [6.07, 6.45) is 0.651. The van der Waals surface area contributed by atoms with Gasteiger partial charge < -0.3 is 9.64 Å². The van der Waals surface area contributed by atoms with E-state index in [1.54, 1.807) is 37.4 Å². The summed E-state index contributed by atoms with van der Waals surface area (Å²) in [5.41, 5.74) is 1.73. The van der Waals surface area contributed by atoms with Crippen molar-refractivity contribution in [1.29, 1.82) is 0 Å². The number of carbonyl (C=O) groups excluding carboxylic acids is 2. The molecule has 0 N–H and O–H groups in total. The number of benzene rings is 2. The Balaban J connectivity index is 1.46. The van der Waals surface area contributed by atoms with Crippen LogP contribution in [-0.4, -0.2) is 30.4 Å². The quantitative estimate of drug-likeness (QED) is 0.662. The first-order chi connectivity index (χ1) is 12.8. The van der Waals surface area contributed by atoms with Gasteiger partial charge >= 0.3 is 5.97 Å². The first kappa shape index (κ1) is 19.6. The third-order valence-corrected chi connectivity index (χ3v) is 5.30. The van der Waals surface area contributed by atoms with Gasteiger partial charge in [0.15, 0.2) is 6.61 Å². The third kappa shape index (κ3) is 4.99. The highest BCUT2D eigenvalue weighted by Crippen LogP contribution is 2.48. The minimum atomic E-state index is -0.402. The molecule has 0 aliphatic heterocycles. The molecule has 0 radical (unpaired) electrons. The van der Waals surface area contributed by atoms with E-state index in [9.17, 15) is 14.0 Å². The lowest BCUT2D eigenvalue weighted by atomic mass is 10.1. The van der Waals surface area contributed by atoms with Crippen molar-refractivity contribution in [3.8, 4) is 0 Å². The SMILES string of the molecule is CN(Cc1ccc(Cl)c(Cl)c1)C(=O)COC(=O)C1CC1c1ccc(F)cc1. The number of halogens is 3. The molecule has 2 aromatic carbocycles. The van der Waals surface area contributed by atoms with Crippen LogP contribution in [-0.2, 0) is 20.9 Å². The fourth-order valence-electron chi connectivity index (χ4n) is 2.88. The second-order valence-electron chi connectivity index (χ2n) is 6.61. The molecule has 1 aliphatic rings. The van der Waals surface area contributed by atoms with Crippen molar-refractivity contribution in [1.82, 2.24) is 4.90 Å². The third-order valence-electron chi connectivity index (χ3n) is 4.56. The number of likely N-dealkylation sites (N-methyl/N-ethyl adjacent to an activating group) is 1. The molecular formula is C20H18Cl2FNO3. The van der Waals surface area contributed by atoms with Crippen molar-refractivity contribution >= 4 is 35.1 Å². The van der Waals surface area contributed by atoms with Gasteiger partial charge in [0, 0.05) is 13.6 Å². The average Bonchev–Trinajstić information content (AvgIpc) is 3.44. The van der Waals surface area contributed by atoms with E-state index in [2.05, 4.69) is 0 Å². The van der Waals surface area contributed by atoms with E-state index in [0.717, 1.165) is 11.1 Å². The van der Waals surface area contributed by atoms with Gasteiger partial charge in [-0.3, -0.25) is 9.59 Å². The maximum Gasteiger partial charge on any atom is 0.310 e. The Kier molecular flexibility index (Phi) is 6.02. The van der Waals surface area contributed by atoms with Crippen molar-refractivity contribution in [2.75, 3.05) is 13.7 Å². The zero-order chi connectivity index (χ0) is 19.6. The molecule has 0 saturated heterocycles. The van der Waals surface area contributed by atoms with Crippen molar-refractivity contribution in [3.63, 3.8) is 0 Å². The molecule has 0 spiro atoms. The lowest BCUT2D eigenvalue weighted by molar-refractivity contribution is -0.152. The molecule has 4 nitrogen and oxygen atoms in total. The van der Waals surface area contributed by atoms with Crippen LogP contribution in [0.25, 0.3) is 0 Å². The number of esters is 1. The second kappa shape index (κ2) is 8.28. The topological polar surface area (TPSA) is 46.6 Å². The number of rotatable bonds is 6. The van der Waals surface area contributed by atoms with Gasteiger partial charge in [0.2, 0.25) is 0 Å². The van der Waals surface area contributed by atoms with Crippen molar-refractivity contribution in [3.05, 3.63) is 69.5 Å². The lowest BCUT2D eigenvalue weighted by Gasteiger charge is -2.17. The number of nitrogens with zero attached hydrogens (tertiary/aromatic N) is 1. The van der Waals surface area contributed by atoms with E-state index in [4.69, 9.17) is 27.9 Å². The Hall–Kier alpha value is -2.11. The maximum atomic E-state index is 13.0. The van der Waals surface area contributed by atoms with Gasteiger partial charge in [0.1, 0.15) is 5.82 Å². The first-order valence-electron chi connectivity index (χ1n) is 8.45. The van der Waals surface area contributed by atoms with Gasteiger partial charge in [-0.1, -0.05) is 41.4 Å². The van der Waals surface area contributed by atoms with Gasteiger partial charge in [-0.15, -0.1) is 0 Å². The van der Waals surface area contributed by atoms with Crippen LogP contribution in [0.4, 0.5) is 4.39 Å². The fraction of sp³-hybridized carbons (Fsp3) is 0.300. The van der Waals surface area contributed by atoms with E-state index < -0.39 is 5.97 Å². The molecule has 3 rings (SSSR count). The van der Waals surface area contributed by atoms with E-state index in [0.29, 0.717) is 23.0 Å². The van der Waals surface area contributed by atoms with Crippen molar-refractivity contribution < 1.29 is 18.7 Å². The predicted molar refractivity (Wildman–Crippen MR) is 101 cm³/mol. The molecule has 27 heavy (non-hydrogen) atoms. The Morgan fingerprint density at radius 3 is 2.52 bits per heavy atom. The van der Waals surface area contributed by atoms with E-state index in [1.165, 1.54) is 17.0 Å². The molecule has 1 fully saturated rings. The molecule has 7 heteroatoms. The van der Waals surface area contributed by atoms with Crippen LogP contribution < -0.4 is 0 Å². The van der Waals surface area contributed by atoms with Crippen LogP contribution in [0.3, 0.4) is 0 Å². The van der Waals surface area contributed by atoms with E-state index in [1.807, 2.05) is 0 Å². The van der Waals surface area contributed by atoms with Crippen LogP contribution in [0.15, 0.2) is 42.5 Å². The standard InChI is InChI=1S/C20H18Cl2FNO3/c1-24(10-12-2-7-17(21)18(22)8-12)19(25)11-27-20(26)16-9-15(16)13-3-5-14(23)6-4-13/h2-8,15-16H,9-11H2,1H3. The van der Waals surface area contributed by atoms with Crippen molar-refractivity contribution in [2.24, 2.45) is 5.92 Å². The summed E-state index contributed by atoms with van der Waals surface area (Å²) in [6.45, 7) is 0.0121. The molecule has 1 amide bonds. The molecule has 2 unspecified atom stereocenters. The summed E-state index contributed by atoms with van der Waals surface area (Å²) in [4.78, 5) is 25.8. The molecule has 0 aromatic heterocycles.